The van der Waals surface area contributed by atoms with E-state index >= 15 is 4.39 Å². The summed E-state index contributed by atoms with van der Waals surface area (Å²) in [5.41, 5.74) is 1.32. The van der Waals surface area contributed by atoms with E-state index in [4.69, 9.17) is 5.73 Å². The summed E-state index contributed by atoms with van der Waals surface area (Å²) < 4.78 is 15.1. The van der Waals surface area contributed by atoms with E-state index in [0.717, 1.165) is 0 Å². The van der Waals surface area contributed by atoms with E-state index in [-0.39, 0.29) is 41.6 Å². The van der Waals surface area contributed by atoms with E-state index in [1.54, 1.807) is 19.0 Å². The van der Waals surface area contributed by atoms with Crippen LogP contribution in [0.1, 0.15) is 23.1 Å². The van der Waals surface area contributed by atoms with Gasteiger partial charge in [0, 0.05) is 29.2 Å². The van der Waals surface area contributed by atoms with Crippen molar-refractivity contribution in [1.82, 2.24) is 9.80 Å². The number of carbonyl (C=O) groups is 3. The van der Waals surface area contributed by atoms with Crippen LogP contribution in [-0.4, -0.2) is 87.5 Å². The summed E-state index contributed by atoms with van der Waals surface area (Å²) in [5.74, 6) is -8.23. The zero-order chi connectivity index (χ0) is 26.1. The smallest absolute Gasteiger partial charge is 0.255 e. The van der Waals surface area contributed by atoms with Crippen molar-refractivity contribution < 1.29 is 39.2 Å². The zero-order valence-corrected chi connectivity index (χ0v) is 19.8. The second-order valence-electron chi connectivity index (χ2n) is 9.92. The number of phenolic OH excluding ortho intramolecular Hbond substituents is 1. The minimum absolute atomic E-state index is 0.00984. The van der Waals surface area contributed by atoms with E-state index in [0.29, 0.717) is 0 Å². The first-order chi connectivity index (χ1) is 16.2. The molecule has 1 amide bonds. The van der Waals surface area contributed by atoms with Gasteiger partial charge in [-0.2, -0.15) is 0 Å². The van der Waals surface area contributed by atoms with E-state index in [1.807, 2.05) is 0 Å². The van der Waals surface area contributed by atoms with E-state index in [2.05, 4.69) is 0 Å². The molecule has 4 rings (SSSR count). The van der Waals surface area contributed by atoms with Gasteiger partial charge in [0.25, 0.3) is 5.91 Å². The Hall–Kier alpha value is -3.28. The van der Waals surface area contributed by atoms with Gasteiger partial charge >= 0.3 is 0 Å². The number of rotatable bonds is 4. The minimum atomic E-state index is -2.72. The number of nitrogens with two attached hydrogens (primary N) is 1. The number of aliphatic hydroxyl groups is 3. The number of primary amides is 1. The van der Waals surface area contributed by atoms with Crippen LogP contribution in [0.15, 0.2) is 23.0 Å². The van der Waals surface area contributed by atoms with Gasteiger partial charge in [0.05, 0.1) is 11.6 Å². The molecule has 0 unspecified atom stereocenters. The van der Waals surface area contributed by atoms with Gasteiger partial charge in [0.1, 0.15) is 28.7 Å². The summed E-state index contributed by atoms with van der Waals surface area (Å²) >= 11 is 0. The third-order valence-electron chi connectivity index (χ3n) is 7.23. The number of likely N-dealkylation sites (N-methyl/N-ethyl adjacent to an activating group) is 1. The quantitative estimate of drug-likeness (QED) is 0.371. The maximum atomic E-state index is 15.1. The fraction of sp³-hybridized carbons (Fsp3) is 0.458. The molecule has 1 aromatic rings. The Kier molecular flexibility index (Phi) is 5.78. The number of amides is 1. The number of hydrogen-bond acceptors (Lipinski definition) is 9. The molecule has 0 spiro atoms. The lowest BCUT2D eigenvalue weighted by Gasteiger charge is -2.50. The number of phenols is 1. The number of Topliss-reactive ketones (excluding diaryl/α,β-unsaturated/α-hetero) is 2. The fourth-order valence-electron chi connectivity index (χ4n) is 5.78. The molecule has 1 aromatic carbocycles. The monoisotopic (exact) mass is 489 g/mol. The van der Waals surface area contributed by atoms with Gasteiger partial charge in [-0.15, -0.1) is 0 Å². The van der Waals surface area contributed by atoms with E-state index in [9.17, 15) is 34.8 Å². The van der Waals surface area contributed by atoms with Gasteiger partial charge in [-0.25, -0.2) is 4.39 Å². The molecule has 0 radical (unpaired) electrons. The van der Waals surface area contributed by atoms with Crippen LogP contribution in [0.4, 0.5) is 4.39 Å². The van der Waals surface area contributed by atoms with Crippen molar-refractivity contribution in [2.45, 2.75) is 31.0 Å². The summed E-state index contributed by atoms with van der Waals surface area (Å²) in [4.78, 5) is 41.8. The molecule has 4 atom stereocenters. The van der Waals surface area contributed by atoms with Crippen LogP contribution in [0.2, 0.25) is 0 Å². The minimum Gasteiger partial charge on any atom is -0.508 e. The average Bonchev–Trinajstić information content (AvgIpc) is 2.73. The third kappa shape index (κ3) is 3.37. The maximum Gasteiger partial charge on any atom is 0.255 e. The largest absolute Gasteiger partial charge is 0.508 e. The zero-order valence-electron chi connectivity index (χ0n) is 19.8. The fourth-order valence-corrected chi connectivity index (χ4v) is 5.78. The van der Waals surface area contributed by atoms with Gasteiger partial charge in [-0.1, -0.05) is 0 Å². The molecule has 0 heterocycles. The first-order valence-corrected chi connectivity index (χ1v) is 11.1. The molecule has 0 aliphatic heterocycles. The van der Waals surface area contributed by atoms with Crippen molar-refractivity contribution in [2.24, 2.45) is 17.6 Å². The Morgan fingerprint density at radius 1 is 1.20 bits per heavy atom. The predicted octanol–water partition coefficient (Wildman–Crippen LogP) is 0.165. The van der Waals surface area contributed by atoms with Gasteiger partial charge in [0.15, 0.2) is 11.4 Å². The Bertz CT molecular complexity index is 1240. The van der Waals surface area contributed by atoms with Gasteiger partial charge in [0.2, 0.25) is 5.78 Å². The number of ketones is 2. The predicted molar refractivity (Wildman–Crippen MR) is 122 cm³/mol. The van der Waals surface area contributed by atoms with Crippen LogP contribution in [0.25, 0.3) is 5.76 Å². The van der Waals surface area contributed by atoms with Gasteiger partial charge in [-0.3, -0.25) is 19.3 Å². The standard InChI is InChI=1S/C24H28FN3O7/c1-27(2)8-10-7-13(25)11-5-9-6-12-17(28(3)4)20(31)16(23(26)34)22(33)24(12,35)21(32)14(9)19(30)15(11)18(10)29/h7,9,12,17,29-30,33,35H,5-6,8H2,1-4H3,(H2,26,34)/t9-,12-,17-,24-/m0/s1. The van der Waals surface area contributed by atoms with Crippen molar-refractivity contribution in [3.05, 3.63) is 45.5 Å². The second kappa shape index (κ2) is 8.14. The highest BCUT2D eigenvalue weighted by atomic mass is 19.1. The summed E-state index contributed by atoms with van der Waals surface area (Å²) in [6.45, 7) is 0.153. The molecule has 3 aliphatic rings. The lowest BCUT2D eigenvalue weighted by Crippen LogP contribution is -2.65. The highest BCUT2D eigenvalue weighted by Crippen LogP contribution is 2.53. The summed E-state index contributed by atoms with van der Waals surface area (Å²) in [5, 5.41) is 44.3. The Morgan fingerprint density at radius 2 is 1.83 bits per heavy atom. The molecule has 3 aliphatic carbocycles. The van der Waals surface area contributed by atoms with Crippen LogP contribution < -0.4 is 5.73 Å². The van der Waals surface area contributed by atoms with Crippen molar-refractivity contribution in [2.75, 3.05) is 28.2 Å². The normalized spacial score (nSPS) is 28.4. The lowest BCUT2D eigenvalue weighted by atomic mass is 9.57. The van der Waals surface area contributed by atoms with Crippen LogP contribution >= 0.6 is 0 Å². The van der Waals surface area contributed by atoms with E-state index < -0.39 is 69.6 Å². The molecular formula is C24H28FN3O7. The Balaban J connectivity index is 1.97. The van der Waals surface area contributed by atoms with Gasteiger partial charge in [-0.05, 0) is 53.0 Å². The number of hydrogen-bond donors (Lipinski definition) is 5. The molecule has 188 valence electrons. The molecule has 10 nitrogen and oxygen atoms in total. The number of halogens is 1. The number of fused-ring (bicyclic) bond motifs is 3. The molecule has 0 aromatic heterocycles. The number of nitrogens with zero attached hydrogens (tertiary/aromatic N) is 2. The molecule has 6 N–H and O–H groups in total. The highest BCUT2D eigenvalue weighted by molar-refractivity contribution is 6.24. The maximum absolute atomic E-state index is 15.1. The number of aromatic hydroxyl groups is 1. The van der Waals surface area contributed by atoms with Gasteiger partial charge < -0.3 is 31.1 Å². The average molecular weight is 490 g/mol. The summed E-state index contributed by atoms with van der Waals surface area (Å²) in [7, 11) is 6.44. The molecule has 1 saturated carbocycles. The van der Waals surface area contributed by atoms with Crippen molar-refractivity contribution in [3.8, 4) is 5.75 Å². The van der Waals surface area contributed by atoms with Crippen LogP contribution in [0.3, 0.4) is 0 Å². The first-order valence-electron chi connectivity index (χ1n) is 11.1. The van der Waals surface area contributed by atoms with Crippen LogP contribution in [0.5, 0.6) is 5.75 Å². The second-order valence-corrected chi connectivity index (χ2v) is 9.92. The highest BCUT2D eigenvalue weighted by Gasteiger charge is 2.64. The number of carbonyl (C=O) groups excluding carboxylic acids is 3. The molecule has 1 fully saturated rings. The first kappa shape index (κ1) is 24.8. The topological polar surface area (TPSA) is 165 Å². The number of benzene rings is 1. The summed E-state index contributed by atoms with van der Waals surface area (Å²) in [6.07, 6.45) is -0.179. The third-order valence-corrected chi connectivity index (χ3v) is 7.23. The van der Waals surface area contributed by atoms with Crippen LogP contribution in [0, 0.1) is 17.7 Å². The van der Waals surface area contributed by atoms with Crippen molar-refractivity contribution in [3.63, 3.8) is 0 Å². The molecular weight excluding hydrogens is 461 g/mol. The lowest BCUT2D eigenvalue weighted by molar-refractivity contribution is -0.153. The van der Waals surface area contributed by atoms with E-state index in [1.165, 1.54) is 25.1 Å². The molecule has 0 saturated heterocycles. The Morgan fingerprint density at radius 3 is 2.37 bits per heavy atom. The number of aliphatic hydroxyl groups excluding tert-OH is 2. The Labute approximate surface area is 200 Å². The van der Waals surface area contributed by atoms with Crippen molar-refractivity contribution >= 4 is 23.2 Å². The molecule has 0 bridgehead atoms. The molecule has 11 heteroatoms. The molecule has 35 heavy (non-hydrogen) atoms. The van der Waals surface area contributed by atoms with Crippen LogP contribution in [-0.2, 0) is 27.3 Å². The van der Waals surface area contributed by atoms with Crippen molar-refractivity contribution in [1.29, 1.82) is 0 Å². The summed E-state index contributed by atoms with van der Waals surface area (Å²) in [6, 6.07) is -0.0124. The SMILES string of the molecule is CN(C)Cc1cc(F)c2c(c1O)C(O)=C1C(=O)[C@]3(O)C(O)=C(C(N)=O)C(=O)[C@@H](N(C)C)[C@@H]3C[C@@H]1C2.